The monoisotopic (exact) mass is 348 g/mol. The van der Waals surface area contributed by atoms with E-state index in [-0.39, 0.29) is 20.5 Å². The molecule has 3 nitrogen and oxygen atoms in total. The van der Waals surface area contributed by atoms with E-state index in [9.17, 15) is 9.59 Å². The molecule has 1 aromatic heterocycles. The van der Waals surface area contributed by atoms with Gasteiger partial charge in [0, 0.05) is 0 Å². The Balaban J connectivity index is 3.47. The van der Waals surface area contributed by atoms with Gasteiger partial charge < -0.3 is 4.42 Å². The van der Waals surface area contributed by atoms with Crippen molar-refractivity contribution in [1.29, 1.82) is 0 Å². The molecule has 0 fully saturated rings. The maximum absolute atomic E-state index is 10.8. The Bertz CT molecular complexity index is 351. The quantitative estimate of drug-likeness (QED) is 0.766. The lowest BCUT2D eigenvalue weighted by atomic mass is 10.2. The molecule has 7 heteroatoms. The molecule has 0 saturated carbocycles. The van der Waals surface area contributed by atoms with Crippen LogP contribution in [0.3, 0.4) is 0 Å². The summed E-state index contributed by atoms with van der Waals surface area (Å²) < 4.78 is 5.04. The molecule has 0 spiro atoms. The molecule has 0 aromatic carbocycles. The Morgan fingerprint density at radius 2 is 1.31 bits per heavy atom. The first-order valence-electron chi connectivity index (χ1n) is 2.82. The van der Waals surface area contributed by atoms with Crippen molar-refractivity contribution in [3.63, 3.8) is 0 Å². The van der Waals surface area contributed by atoms with Crippen LogP contribution in [-0.2, 0) is 0 Å². The van der Waals surface area contributed by atoms with Crippen molar-refractivity contribution in [2.75, 3.05) is 0 Å². The first-order chi connectivity index (χ1) is 5.95. The Morgan fingerprint density at radius 1 is 1.00 bits per heavy atom. The molecule has 13 heavy (non-hydrogen) atoms. The summed E-state index contributed by atoms with van der Waals surface area (Å²) in [6, 6.07) is 0. The van der Waals surface area contributed by atoms with Gasteiger partial charge in [0.15, 0.2) is 9.34 Å². The topological polar surface area (TPSA) is 47.3 Å². The summed E-state index contributed by atoms with van der Waals surface area (Å²) in [5.41, 5.74) is -0.151. The van der Waals surface area contributed by atoms with Crippen molar-refractivity contribution in [2.24, 2.45) is 0 Å². The summed E-state index contributed by atoms with van der Waals surface area (Å²) in [7, 11) is 0. The minimum absolute atomic E-state index is 0.0726. The van der Waals surface area contributed by atoms with E-state index >= 15 is 0 Å². The average Bonchev–Trinajstić information content (AvgIpc) is 2.24. The molecule has 0 aliphatic carbocycles. The van der Waals surface area contributed by atoms with Gasteiger partial charge in [0.25, 0.3) is 10.5 Å². The smallest absolute Gasteiger partial charge is 0.257 e. The lowest BCUT2D eigenvalue weighted by Gasteiger charge is -1.90. The lowest BCUT2D eigenvalue weighted by Crippen LogP contribution is -1.97. The van der Waals surface area contributed by atoms with Gasteiger partial charge in [0.1, 0.15) is 11.1 Å². The van der Waals surface area contributed by atoms with E-state index in [1.807, 2.05) is 0 Å². The second-order valence-electron chi connectivity index (χ2n) is 1.95. The van der Waals surface area contributed by atoms with E-state index in [2.05, 4.69) is 31.9 Å². The zero-order valence-corrected chi connectivity index (χ0v) is 10.4. The van der Waals surface area contributed by atoms with E-state index in [4.69, 9.17) is 27.6 Å². The number of carbonyl (C=O) groups is 2. The predicted octanol–water partition coefficient (Wildman–Crippen LogP) is 3.56. The standard InChI is InChI=1S/C6Br2Cl2O3/c7-3-1(5(9)11)2(6(10)12)4(8)13-3. The maximum atomic E-state index is 10.8. The summed E-state index contributed by atoms with van der Waals surface area (Å²) in [6.45, 7) is 0. The van der Waals surface area contributed by atoms with Crippen molar-refractivity contribution in [1.82, 2.24) is 0 Å². The lowest BCUT2D eigenvalue weighted by molar-refractivity contribution is 0.105. The Kier molecular flexibility index (Phi) is 3.57. The summed E-state index contributed by atoms with van der Waals surface area (Å²) in [5, 5.41) is -1.63. The number of halogens is 4. The van der Waals surface area contributed by atoms with Gasteiger partial charge in [-0.15, -0.1) is 0 Å². The first-order valence-corrected chi connectivity index (χ1v) is 5.16. The molecule has 0 aliphatic heterocycles. The molecule has 0 unspecified atom stereocenters. The fourth-order valence-electron chi connectivity index (χ4n) is 0.728. The van der Waals surface area contributed by atoms with Gasteiger partial charge in [0.2, 0.25) is 0 Å². The largest absolute Gasteiger partial charge is 0.441 e. The van der Waals surface area contributed by atoms with Crippen LogP contribution in [0.5, 0.6) is 0 Å². The van der Waals surface area contributed by atoms with Crippen LogP contribution >= 0.6 is 55.1 Å². The van der Waals surface area contributed by atoms with Crippen LogP contribution in [0.15, 0.2) is 13.8 Å². The summed E-state index contributed by atoms with van der Waals surface area (Å²) in [6.07, 6.45) is 0. The normalized spacial score (nSPS) is 10.2. The van der Waals surface area contributed by atoms with Crippen molar-refractivity contribution in [3.8, 4) is 0 Å². The van der Waals surface area contributed by atoms with Crippen LogP contribution in [0, 0.1) is 0 Å². The molecule has 0 aliphatic rings. The fourth-order valence-corrected chi connectivity index (χ4v) is 2.61. The number of furan rings is 1. The molecule has 1 aromatic rings. The highest BCUT2D eigenvalue weighted by atomic mass is 79.9. The zero-order chi connectivity index (χ0) is 10.2. The van der Waals surface area contributed by atoms with Gasteiger partial charge in [-0.2, -0.15) is 0 Å². The molecular weight excluding hydrogens is 351 g/mol. The van der Waals surface area contributed by atoms with E-state index < -0.39 is 10.5 Å². The molecule has 0 radical (unpaired) electrons. The van der Waals surface area contributed by atoms with Crippen LogP contribution in [0.4, 0.5) is 0 Å². The van der Waals surface area contributed by atoms with Crippen molar-refractivity contribution in [2.45, 2.75) is 0 Å². The highest BCUT2D eigenvalue weighted by Gasteiger charge is 2.25. The number of hydrogen-bond donors (Lipinski definition) is 0. The van der Waals surface area contributed by atoms with Crippen LogP contribution < -0.4 is 0 Å². The van der Waals surface area contributed by atoms with Gasteiger partial charge >= 0.3 is 0 Å². The molecule has 0 N–H and O–H groups in total. The van der Waals surface area contributed by atoms with E-state index in [0.717, 1.165) is 0 Å². The molecular formula is C6Br2Cl2O3. The van der Waals surface area contributed by atoms with Gasteiger partial charge in [-0.3, -0.25) is 9.59 Å². The van der Waals surface area contributed by atoms with E-state index in [0.29, 0.717) is 0 Å². The SMILES string of the molecule is O=C(Cl)c1c(Br)oc(Br)c1C(=O)Cl. The molecule has 70 valence electrons. The Morgan fingerprint density at radius 3 is 1.54 bits per heavy atom. The van der Waals surface area contributed by atoms with Gasteiger partial charge in [-0.1, -0.05) is 0 Å². The second-order valence-corrected chi connectivity index (χ2v) is 4.07. The predicted molar refractivity (Wildman–Crippen MR) is 54.5 cm³/mol. The number of rotatable bonds is 2. The Hall–Kier alpha value is 0.160. The zero-order valence-electron chi connectivity index (χ0n) is 5.74. The Labute approximate surface area is 99.6 Å². The number of carbonyl (C=O) groups excluding carboxylic acids is 2. The summed E-state index contributed by atoms with van der Waals surface area (Å²) in [4.78, 5) is 21.7. The first kappa shape index (κ1) is 11.2. The fraction of sp³-hybridized carbons (Fsp3) is 0. The van der Waals surface area contributed by atoms with Crippen LogP contribution in [-0.4, -0.2) is 10.5 Å². The van der Waals surface area contributed by atoms with Crippen LogP contribution in [0.25, 0.3) is 0 Å². The molecule has 0 bridgehead atoms. The molecule has 1 rings (SSSR count). The average molecular weight is 351 g/mol. The number of hydrogen-bond acceptors (Lipinski definition) is 3. The highest BCUT2D eigenvalue weighted by molar-refractivity contribution is 9.11. The van der Waals surface area contributed by atoms with Crippen molar-refractivity contribution in [3.05, 3.63) is 20.5 Å². The third-order valence-corrected chi connectivity index (χ3v) is 2.71. The van der Waals surface area contributed by atoms with Crippen molar-refractivity contribution >= 4 is 65.5 Å². The molecule has 1 heterocycles. The van der Waals surface area contributed by atoms with Gasteiger partial charge in [-0.05, 0) is 55.1 Å². The maximum Gasteiger partial charge on any atom is 0.257 e. The van der Waals surface area contributed by atoms with Gasteiger partial charge in [0.05, 0.1) is 0 Å². The summed E-state index contributed by atoms with van der Waals surface area (Å²) in [5.74, 6) is 0. The van der Waals surface area contributed by atoms with Crippen LogP contribution in [0.1, 0.15) is 20.7 Å². The van der Waals surface area contributed by atoms with Crippen molar-refractivity contribution < 1.29 is 14.0 Å². The third-order valence-electron chi connectivity index (χ3n) is 1.22. The van der Waals surface area contributed by atoms with E-state index in [1.54, 1.807) is 0 Å². The van der Waals surface area contributed by atoms with Crippen LogP contribution in [0.2, 0.25) is 0 Å². The minimum atomic E-state index is -0.815. The third kappa shape index (κ3) is 2.15. The summed E-state index contributed by atoms with van der Waals surface area (Å²) >= 11 is 16.3. The van der Waals surface area contributed by atoms with Gasteiger partial charge in [-0.25, -0.2) is 0 Å². The van der Waals surface area contributed by atoms with E-state index in [1.165, 1.54) is 0 Å². The molecule has 0 amide bonds. The molecule has 0 atom stereocenters. The second kappa shape index (κ2) is 4.13. The molecule has 0 saturated heterocycles. The minimum Gasteiger partial charge on any atom is -0.441 e. The highest BCUT2D eigenvalue weighted by Crippen LogP contribution is 2.33.